The van der Waals surface area contributed by atoms with E-state index < -0.39 is 0 Å². The second-order valence-electron chi connectivity index (χ2n) is 4.30. The molecule has 0 atom stereocenters. The molecule has 1 rings (SSSR count). The van der Waals surface area contributed by atoms with Crippen molar-refractivity contribution in [2.24, 2.45) is 0 Å². The number of pyridine rings is 1. The fourth-order valence-corrected chi connectivity index (χ4v) is 1.78. The quantitative estimate of drug-likeness (QED) is 0.665. The van der Waals surface area contributed by atoms with Gasteiger partial charge in [-0.15, -0.1) is 24.8 Å². The van der Waals surface area contributed by atoms with E-state index in [2.05, 4.69) is 34.4 Å². The average molecular weight is 353 g/mol. The number of methoxy groups -OCH3 is 1. The summed E-state index contributed by atoms with van der Waals surface area (Å²) >= 11 is 0. The van der Waals surface area contributed by atoms with E-state index in [0.717, 1.165) is 18.9 Å². The molecule has 6 nitrogen and oxygen atoms in total. The van der Waals surface area contributed by atoms with Crippen LogP contribution in [0, 0.1) is 0 Å². The molecule has 0 spiro atoms. The second kappa shape index (κ2) is 13.6. The number of carbonyl (C=O) groups excluding carboxylic acids is 1. The summed E-state index contributed by atoms with van der Waals surface area (Å²) in [6.07, 6.45) is 1.68. The van der Waals surface area contributed by atoms with Crippen LogP contribution in [0.5, 0.6) is 0 Å². The van der Waals surface area contributed by atoms with Crippen LogP contribution < -0.4 is 15.5 Å². The number of aromatic nitrogens is 1. The van der Waals surface area contributed by atoms with Gasteiger partial charge in [-0.25, -0.2) is 4.98 Å². The minimum absolute atomic E-state index is 0. The molecular formula is C14H26Cl2N4O2. The van der Waals surface area contributed by atoms with Crippen molar-refractivity contribution in [2.45, 2.75) is 13.8 Å². The zero-order valence-electron chi connectivity index (χ0n) is 13.3. The molecule has 8 heteroatoms. The van der Waals surface area contributed by atoms with Crippen LogP contribution in [0.1, 0.15) is 13.8 Å². The van der Waals surface area contributed by atoms with Crippen molar-refractivity contribution in [1.82, 2.24) is 10.3 Å². The van der Waals surface area contributed by atoms with Crippen molar-refractivity contribution in [3.8, 4) is 0 Å². The summed E-state index contributed by atoms with van der Waals surface area (Å²) in [5, 5.41) is 5.79. The number of amides is 1. The third-order valence-electron chi connectivity index (χ3n) is 2.89. The van der Waals surface area contributed by atoms with Crippen LogP contribution >= 0.6 is 24.8 Å². The third-order valence-corrected chi connectivity index (χ3v) is 2.89. The Labute approximate surface area is 144 Å². The van der Waals surface area contributed by atoms with Crippen LogP contribution in [-0.4, -0.2) is 50.8 Å². The average Bonchev–Trinajstić information content (AvgIpc) is 2.47. The van der Waals surface area contributed by atoms with Gasteiger partial charge in [0, 0.05) is 26.7 Å². The Balaban J connectivity index is 0. The third kappa shape index (κ3) is 8.38. The molecule has 1 amide bonds. The molecule has 0 aliphatic heterocycles. The molecule has 2 N–H and O–H groups in total. The van der Waals surface area contributed by atoms with Crippen molar-refractivity contribution in [3.05, 3.63) is 18.3 Å². The number of hydrogen-bond acceptors (Lipinski definition) is 5. The molecule has 0 saturated heterocycles. The number of halogens is 2. The molecule has 0 aliphatic rings. The lowest BCUT2D eigenvalue weighted by Gasteiger charge is -2.19. The van der Waals surface area contributed by atoms with E-state index in [1.165, 1.54) is 0 Å². The van der Waals surface area contributed by atoms with Gasteiger partial charge in [0.1, 0.15) is 5.82 Å². The van der Waals surface area contributed by atoms with Crippen molar-refractivity contribution in [3.63, 3.8) is 0 Å². The summed E-state index contributed by atoms with van der Waals surface area (Å²) < 4.78 is 4.89. The molecule has 1 aromatic rings. The van der Waals surface area contributed by atoms with Gasteiger partial charge in [-0.2, -0.15) is 0 Å². The van der Waals surface area contributed by atoms with Gasteiger partial charge in [0.2, 0.25) is 5.91 Å². The van der Waals surface area contributed by atoms with Crippen LogP contribution in [0.2, 0.25) is 0 Å². The van der Waals surface area contributed by atoms with Crippen LogP contribution in [0.3, 0.4) is 0 Å². The Hall–Kier alpha value is -1.08. The number of ether oxygens (including phenoxy) is 1. The Morgan fingerprint density at radius 2 is 1.95 bits per heavy atom. The summed E-state index contributed by atoms with van der Waals surface area (Å²) in [4.78, 5) is 18.2. The van der Waals surface area contributed by atoms with E-state index >= 15 is 0 Å². The number of anilines is 2. The monoisotopic (exact) mass is 352 g/mol. The molecule has 0 radical (unpaired) electrons. The maximum Gasteiger partial charge on any atom is 0.238 e. The number of carbonyl (C=O) groups is 1. The zero-order valence-corrected chi connectivity index (χ0v) is 14.9. The molecule has 1 aromatic heterocycles. The van der Waals surface area contributed by atoms with Crippen molar-refractivity contribution >= 4 is 42.2 Å². The maximum atomic E-state index is 11.7. The van der Waals surface area contributed by atoms with Gasteiger partial charge in [-0.1, -0.05) is 0 Å². The molecule has 0 fully saturated rings. The first kappa shape index (κ1) is 23.2. The Bertz CT molecular complexity index is 400. The molecule has 1 heterocycles. The molecule has 0 saturated carbocycles. The standard InChI is InChI=1S/C14H24N4O2.2ClH/c1-4-18(5-2)13-7-6-12(10-16-13)17-14(19)11-15-8-9-20-3;;/h6-7,10,15H,4-5,8-9,11H2,1-3H3,(H,17,19);2*1H. The summed E-state index contributed by atoms with van der Waals surface area (Å²) in [5.41, 5.74) is 0.708. The molecule has 0 aromatic carbocycles. The Morgan fingerprint density at radius 1 is 1.27 bits per heavy atom. The number of nitrogens with zero attached hydrogens (tertiary/aromatic N) is 2. The van der Waals surface area contributed by atoms with Gasteiger partial charge in [-0.3, -0.25) is 4.79 Å². The van der Waals surface area contributed by atoms with Crippen LogP contribution in [0.25, 0.3) is 0 Å². The van der Waals surface area contributed by atoms with E-state index in [9.17, 15) is 4.79 Å². The lowest BCUT2D eigenvalue weighted by atomic mass is 10.3. The number of rotatable bonds is 9. The Kier molecular flexibility index (Phi) is 14.3. The topological polar surface area (TPSA) is 66.5 Å². The summed E-state index contributed by atoms with van der Waals surface area (Å²) in [6.45, 7) is 7.52. The largest absolute Gasteiger partial charge is 0.383 e. The fourth-order valence-electron chi connectivity index (χ4n) is 1.78. The van der Waals surface area contributed by atoms with E-state index in [4.69, 9.17) is 4.74 Å². The lowest BCUT2D eigenvalue weighted by Crippen LogP contribution is -2.30. The van der Waals surface area contributed by atoms with Gasteiger partial charge in [0.15, 0.2) is 0 Å². The van der Waals surface area contributed by atoms with Gasteiger partial charge >= 0.3 is 0 Å². The van der Waals surface area contributed by atoms with Gasteiger partial charge < -0.3 is 20.3 Å². The van der Waals surface area contributed by atoms with E-state index in [-0.39, 0.29) is 37.3 Å². The zero-order chi connectivity index (χ0) is 14.8. The second-order valence-corrected chi connectivity index (χ2v) is 4.30. The normalized spacial score (nSPS) is 9.41. The smallest absolute Gasteiger partial charge is 0.238 e. The van der Waals surface area contributed by atoms with E-state index in [1.54, 1.807) is 13.3 Å². The van der Waals surface area contributed by atoms with Gasteiger partial charge in [-0.05, 0) is 26.0 Å². The minimum Gasteiger partial charge on any atom is -0.383 e. The number of nitrogens with one attached hydrogen (secondary N) is 2. The molecule has 0 bridgehead atoms. The van der Waals surface area contributed by atoms with Crippen LogP contribution in [0.15, 0.2) is 18.3 Å². The van der Waals surface area contributed by atoms with Crippen molar-refractivity contribution in [1.29, 1.82) is 0 Å². The highest BCUT2D eigenvalue weighted by Crippen LogP contribution is 2.13. The van der Waals surface area contributed by atoms with Crippen LogP contribution in [0.4, 0.5) is 11.5 Å². The molecule has 128 valence electrons. The number of hydrogen-bond donors (Lipinski definition) is 2. The predicted molar refractivity (Wildman–Crippen MR) is 95.7 cm³/mol. The molecule has 22 heavy (non-hydrogen) atoms. The summed E-state index contributed by atoms with van der Waals surface area (Å²) in [5.74, 6) is 0.838. The fraction of sp³-hybridized carbons (Fsp3) is 0.571. The highest BCUT2D eigenvalue weighted by atomic mass is 35.5. The van der Waals surface area contributed by atoms with Crippen LogP contribution in [-0.2, 0) is 9.53 Å². The lowest BCUT2D eigenvalue weighted by molar-refractivity contribution is -0.115. The molecule has 0 unspecified atom stereocenters. The predicted octanol–water partition coefficient (Wildman–Crippen LogP) is 1.95. The first-order chi connectivity index (χ1) is 9.71. The van der Waals surface area contributed by atoms with Gasteiger partial charge in [0.05, 0.1) is 25.0 Å². The maximum absolute atomic E-state index is 11.7. The summed E-state index contributed by atoms with van der Waals surface area (Å²) in [6, 6.07) is 3.79. The minimum atomic E-state index is -0.0847. The van der Waals surface area contributed by atoms with E-state index in [1.807, 2.05) is 12.1 Å². The summed E-state index contributed by atoms with van der Waals surface area (Å²) in [7, 11) is 1.63. The Morgan fingerprint density at radius 3 is 2.45 bits per heavy atom. The van der Waals surface area contributed by atoms with Crippen molar-refractivity contribution < 1.29 is 9.53 Å². The van der Waals surface area contributed by atoms with E-state index in [0.29, 0.717) is 18.8 Å². The molecular weight excluding hydrogens is 327 g/mol. The first-order valence-corrected chi connectivity index (χ1v) is 6.91. The van der Waals surface area contributed by atoms with Crippen molar-refractivity contribution in [2.75, 3.05) is 50.1 Å². The van der Waals surface area contributed by atoms with Gasteiger partial charge in [0.25, 0.3) is 0 Å². The highest BCUT2D eigenvalue weighted by molar-refractivity contribution is 5.92. The molecule has 0 aliphatic carbocycles. The SMILES string of the molecule is CCN(CC)c1ccc(NC(=O)CNCCOC)cn1.Cl.Cl. The highest BCUT2D eigenvalue weighted by Gasteiger charge is 2.05. The first-order valence-electron chi connectivity index (χ1n) is 6.91.